The van der Waals surface area contributed by atoms with Gasteiger partial charge in [-0.25, -0.2) is 4.79 Å². The van der Waals surface area contributed by atoms with E-state index in [4.69, 9.17) is 9.15 Å². The van der Waals surface area contributed by atoms with Gasteiger partial charge in [-0.3, -0.25) is 4.79 Å². The van der Waals surface area contributed by atoms with E-state index in [1.807, 2.05) is 19.1 Å². The van der Waals surface area contributed by atoms with Gasteiger partial charge in [-0.2, -0.15) is 11.8 Å². The fourth-order valence-corrected chi connectivity index (χ4v) is 4.91. The number of halogens is 1. The van der Waals surface area contributed by atoms with Gasteiger partial charge in [0.1, 0.15) is 11.3 Å². The molecular weight excluding hydrogens is 450 g/mol. The van der Waals surface area contributed by atoms with E-state index in [2.05, 4.69) is 27.3 Å². The number of thiophene rings is 1. The average molecular weight is 468 g/mol. The molecule has 3 rings (SSSR count). The Balaban J connectivity index is 1.41. The quantitative estimate of drug-likeness (QED) is 0.393. The number of ether oxygens (including phenoxy) is 1. The maximum atomic E-state index is 11.9. The summed E-state index contributed by atoms with van der Waals surface area (Å²) in [5.74, 6) is 2.08. The van der Waals surface area contributed by atoms with Crippen LogP contribution in [0.3, 0.4) is 0 Å². The van der Waals surface area contributed by atoms with Crippen LogP contribution in [0.25, 0.3) is 11.0 Å². The van der Waals surface area contributed by atoms with E-state index in [0.717, 1.165) is 26.2 Å². The molecular formula is C19H18BrNO4S2. The van der Waals surface area contributed by atoms with Crippen molar-refractivity contribution in [3.63, 3.8) is 0 Å². The molecule has 0 bridgehead atoms. The number of hydrogen-bond acceptors (Lipinski definition) is 6. The number of thioether (sulfide) groups is 1. The number of amides is 1. The summed E-state index contributed by atoms with van der Waals surface area (Å²) in [5.41, 5.74) is 0.898. The first-order valence-corrected chi connectivity index (χ1v) is 11.0. The minimum absolute atomic E-state index is 0.0793. The van der Waals surface area contributed by atoms with Crippen LogP contribution in [-0.4, -0.2) is 24.8 Å². The van der Waals surface area contributed by atoms with Gasteiger partial charge in [0.15, 0.2) is 6.61 Å². The lowest BCUT2D eigenvalue weighted by Gasteiger charge is -2.08. The summed E-state index contributed by atoms with van der Waals surface area (Å²) in [6.07, 6.45) is 0. The second-order valence-corrected chi connectivity index (χ2v) is 9.46. The largest absolute Gasteiger partial charge is 0.484 e. The number of carbonyl (C=O) groups is 1. The molecule has 0 aliphatic rings. The van der Waals surface area contributed by atoms with Crippen molar-refractivity contribution in [2.24, 2.45) is 0 Å². The maximum Gasteiger partial charge on any atom is 0.336 e. The third-order valence-electron chi connectivity index (χ3n) is 3.73. The first-order valence-electron chi connectivity index (χ1n) is 8.27. The molecule has 2 heterocycles. The molecule has 2 aromatic heterocycles. The lowest BCUT2D eigenvalue weighted by Crippen LogP contribution is -2.30. The lowest BCUT2D eigenvalue weighted by atomic mass is 10.1. The molecule has 5 nitrogen and oxygen atoms in total. The molecule has 1 N–H and O–H groups in total. The average Bonchev–Trinajstić information content (AvgIpc) is 3.04. The van der Waals surface area contributed by atoms with E-state index in [1.165, 1.54) is 10.9 Å². The SMILES string of the molecule is Cc1cc(=O)oc2cc(OCC(=O)NCCSCc3ccc(Br)s3)ccc12. The Morgan fingerprint density at radius 1 is 1.30 bits per heavy atom. The van der Waals surface area contributed by atoms with E-state index in [1.54, 1.807) is 35.2 Å². The molecule has 0 aliphatic carbocycles. The standard InChI is InChI=1S/C19H18BrNO4S2/c1-12-8-19(23)25-16-9-13(2-4-15(12)16)24-10-18(22)21-6-7-26-11-14-3-5-17(20)27-14/h2-5,8-9H,6-7,10-11H2,1H3,(H,21,22). The van der Waals surface area contributed by atoms with Crippen LogP contribution < -0.4 is 15.7 Å². The molecule has 3 aromatic rings. The number of carbonyl (C=O) groups excluding carboxylic acids is 1. The van der Waals surface area contributed by atoms with Crippen molar-refractivity contribution in [1.82, 2.24) is 5.32 Å². The predicted molar refractivity (Wildman–Crippen MR) is 114 cm³/mol. The zero-order valence-electron chi connectivity index (χ0n) is 14.6. The summed E-state index contributed by atoms with van der Waals surface area (Å²) in [4.78, 5) is 24.7. The molecule has 0 atom stereocenters. The van der Waals surface area contributed by atoms with Crippen molar-refractivity contribution >= 4 is 55.9 Å². The highest BCUT2D eigenvalue weighted by Gasteiger charge is 2.06. The number of hydrogen-bond donors (Lipinski definition) is 1. The molecule has 0 fully saturated rings. The minimum atomic E-state index is -0.401. The summed E-state index contributed by atoms with van der Waals surface area (Å²) >= 11 is 6.94. The molecule has 0 radical (unpaired) electrons. The van der Waals surface area contributed by atoms with Crippen molar-refractivity contribution in [2.45, 2.75) is 12.7 Å². The summed E-state index contributed by atoms with van der Waals surface area (Å²) in [7, 11) is 0. The summed E-state index contributed by atoms with van der Waals surface area (Å²) in [5, 5.41) is 3.68. The normalized spacial score (nSPS) is 10.9. The molecule has 1 amide bonds. The Morgan fingerprint density at radius 2 is 2.15 bits per heavy atom. The summed E-state index contributed by atoms with van der Waals surface area (Å²) < 4.78 is 11.8. The highest BCUT2D eigenvalue weighted by Crippen LogP contribution is 2.25. The van der Waals surface area contributed by atoms with E-state index < -0.39 is 5.63 Å². The highest BCUT2D eigenvalue weighted by molar-refractivity contribution is 9.11. The maximum absolute atomic E-state index is 11.9. The highest BCUT2D eigenvalue weighted by atomic mass is 79.9. The number of benzene rings is 1. The molecule has 1 aromatic carbocycles. The van der Waals surface area contributed by atoms with Crippen LogP contribution in [0.1, 0.15) is 10.4 Å². The minimum Gasteiger partial charge on any atom is -0.484 e. The first kappa shape index (κ1) is 20.0. The van der Waals surface area contributed by atoms with E-state index in [9.17, 15) is 9.59 Å². The molecule has 0 saturated heterocycles. The molecule has 0 spiro atoms. The Hall–Kier alpha value is -1.77. The van der Waals surface area contributed by atoms with Crippen molar-refractivity contribution in [1.29, 1.82) is 0 Å². The second-order valence-electron chi connectivity index (χ2n) is 5.80. The van der Waals surface area contributed by atoms with Gasteiger partial charge in [0.05, 0.1) is 3.79 Å². The third-order valence-corrected chi connectivity index (χ3v) is 6.55. The Bertz CT molecular complexity index is 999. The van der Waals surface area contributed by atoms with Crippen LogP contribution in [0.5, 0.6) is 5.75 Å². The Kier molecular flexibility index (Phi) is 6.98. The van der Waals surface area contributed by atoms with Crippen LogP contribution in [0, 0.1) is 6.92 Å². The van der Waals surface area contributed by atoms with Crippen molar-refractivity contribution in [3.8, 4) is 5.75 Å². The fraction of sp³-hybridized carbons (Fsp3) is 0.263. The summed E-state index contributed by atoms with van der Waals surface area (Å²) in [6.45, 7) is 2.36. The van der Waals surface area contributed by atoms with Gasteiger partial charge in [0, 0.05) is 40.4 Å². The summed E-state index contributed by atoms with van der Waals surface area (Å²) in [6, 6.07) is 10.8. The van der Waals surface area contributed by atoms with Crippen LogP contribution >= 0.6 is 39.0 Å². The number of fused-ring (bicyclic) bond motifs is 1. The van der Waals surface area contributed by atoms with Gasteiger partial charge in [-0.1, -0.05) is 0 Å². The van der Waals surface area contributed by atoms with Gasteiger partial charge in [0.25, 0.3) is 5.91 Å². The van der Waals surface area contributed by atoms with Gasteiger partial charge in [0.2, 0.25) is 0 Å². The van der Waals surface area contributed by atoms with E-state index >= 15 is 0 Å². The Labute approximate surface area is 173 Å². The molecule has 0 aliphatic heterocycles. The van der Waals surface area contributed by atoms with Crippen molar-refractivity contribution in [3.05, 3.63) is 61.0 Å². The van der Waals surface area contributed by atoms with Crippen molar-refractivity contribution < 1.29 is 13.9 Å². The monoisotopic (exact) mass is 467 g/mol. The van der Waals surface area contributed by atoms with Crippen LogP contribution in [0.15, 0.2) is 49.4 Å². The van der Waals surface area contributed by atoms with Crippen LogP contribution in [0.4, 0.5) is 0 Å². The van der Waals surface area contributed by atoms with Crippen LogP contribution in [0.2, 0.25) is 0 Å². The number of nitrogens with one attached hydrogen (secondary N) is 1. The molecule has 27 heavy (non-hydrogen) atoms. The van der Waals surface area contributed by atoms with Gasteiger partial charge < -0.3 is 14.5 Å². The van der Waals surface area contributed by atoms with Crippen LogP contribution in [-0.2, 0) is 10.5 Å². The molecule has 142 valence electrons. The first-order chi connectivity index (χ1) is 13.0. The van der Waals surface area contributed by atoms with E-state index in [0.29, 0.717) is 17.9 Å². The zero-order chi connectivity index (χ0) is 19.2. The predicted octanol–water partition coefficient (Wildman–Crippen LogP) is 4.35. The lowest BCUT2D eigenvalue weighted by molar-refractivity contribution is -0.122. The van der Waals surface area contributed by atoms with Crippen molar-refractivity contribution in [2.75, 3.05) is 18.9 Å². The molecule has 0 saturated carbocycles. The van der Waals surface area contributed by atoms with Gasteiger partial charge in [-0.15, -0.1) is 11.3 Å². The third kappa shape index (κ3) is 5.85. The number of aryl methyl sites for hydroxylation is 1. The smallest absolute Gasteiger partial charge is 0.336 e. The van der Waals surface area contributed by atoms with Gasteiger partial charge >= 0.3 is 5.63 Å². The molecule has 8 heteroatoms. The van der Waals surface area contributed by atoms with Gasteiger partial charge in [-0.05, 0) is 52.7 Å². The van der Waals surface area contributed by atoms with E-state index in [-0.39, 0.29) is 12.5 Å². The zero-order valence-corrected chi connectivity index (χ0v) is 17.8. The fourth-order valence-electron chi connectivity index (χ4n) is 2.46. The number of rotatable bonds is 8. The second kappa shape index (κ2) is 9.43. The Morgan fingerprint density at radius 3 is 2.93 bits per heavy atom. The molecule has 0 unspecified atom stereocenters. The topological polar surface area (TPSA) is 68.5 Å².